The maximum atomic E-state index is 4.35. The summed E-state index contributed by atoms with van der Waals surface area (Å²) in [7, 11) is 0. The zero-order valence-electron chi connectivity index (χ0n) is 11.8. The Balaban J connectivity index is 2.06. The molecule has 2 atom stereocenters. The molecule has 0 aromatic carbocycles. The number of pyridine rings is 1. The molecule has 0 aliphatic heterocycles. The van der Waals surface area contributed by atoms with Crippen LogP contribution < -0.4 is 5.32 Å². The van der Waals surface area contributed by atoms with Crippen LogP contribution in [0.2, 0.25) is 0 Å². The number of nitrogens with one attached hydrogen (secondary N) is 1. The highest BCUT2D eigenvalue weighted by molar-refractivity contribution is 9.10. The Kier molecular flexibility index (Phi) is 4.00. The van der Waals surface area contributed by atoms with Crippen molar-refractivity contribution in [3.8, 4) is 0 Å². The van der Waals surface area contributed by atoms with E-state index in [4.69, 9.17) is 0 Å². The predicted octanol–water partition coefficient (Wildman–Crippen LogP) is 4.78. The summed E-state index contributed by atoms with van der Waals surface area (Å²) in [4.78, 5) is 4.35. The van der Waals surface area contributed by atoms with Crippen molar-refractivity contribution in [2.75, 3.05) is 5.32 Å². The van der Waals surface area contributed by atoms with Gasteiger partial charge in [0.25, 0.3) is 0 Å². The van der Waals surface area contributed by atoms with E-state index >= 15 is 0 Å². The lowest BCUT2D eigenvalue weighted by Crippen LogP contribution is -2.35. The first kappa shape index (κ1) is 13.9. The summed E-state index contributed by atoms with van der Waals surface area (Å²) in [6.07, 6.45) is 5.76. The molecule has 1 saturated carbocycles. The third kappa shape index (κ3) is 3.47. The lowest BCUT2D eigenvalue weighted by Gasteiger charge is -2.39. The van der Waals surface area contributed by atoms with E-state index in [1.807, 2.05) is 6.20 Å². The normalized spacial score (nSPS) is 26.9. The Morgan fingerprint density at radius 3 is 2.72 bits per heavy atom. The zero-order valence-corrected chi connectivity index (χ0v) is 13.3. The molecule has 1 aliphatic carbocycles. The van der Waals surface area contributed by atoms with E-state index in [1.165, 1.54) is 24.8 Å². The molecule has 1 N–H and O–H groups in total. The molecule has 2 unspecified atom stereocenters. The van der Waals surface area contributed by atoms with Crippen LogP contribution in [0.15, 0.2) is 16.9 Å². The molecule has 2 nitrogen and oxygen atoms in total. The highest BCUT2D eigenvalue weighted by Crippen LogP contribution is 2.39. The minimum atomic E-state index is 0.452. The second-order valence-corrected chi connectivity index (χ2v) is 7.34. The molecule has 2 rings (SSSR count). The number of nitrogens with zero attached hydrogens (tertiary/aromatic N) is 1. The first-order chi connectivity index (χ1) is 8.35. The van der Waals surface area contributed by atoms with Crippen molar-refractivity contribution in [3.05, 3.63) is 22.4 Å². The van der Waals surface area contributed by atoms with Gasteiger partial charge in [0, 0.05) is 6.04 Å². The summed E-state index contributed by atoms with van der Waals surface area (Å²) in [6, 6.07) is 2.75. The number of halogens is 1. The molecule has 1 aromatic rings. The molecule has 0 bridgehead atoms. The third-order valence-corrected chi connectivity index (χ3v) is 4.60. The third-order valence-electron chi connectivity index (χ3n) is 3.77. The van der Waals surface area contributed by atoms with E-state index in [0.29, 0.717) is 11.5 Å². The van der Waals surface area contributed by atoms with Crippen molar-refractivity contribution >= 4 is 21.6 Å². The van der Waals surface area contributed by atoms with E-state index in [9.17, 15) is 0 Å². The van der Waals surface area contributed by atoms with Crippen molar-refractivity contribution in [3.63, 3.8) is 0 Å². The first-order valence-corrected chi connectivity index (χ1v) is 7.54. The van der Waals surface area contributed by atoms with E-state index in [0.717, 1.165) is 16.2 Å². The molecule has 1 aliphatic rings. The van der Waals surface area contributed by atoms with Gasteiger partial charge in [0.15, 0.2) is 0 Å². The Morgan fingerprint density at radius 1 is 1.39 bits per heavy atom. The molecule has 0 radical (unpaired) electrons. The Morgan fingerprint density at radius 2 is 2.11 bits per heavy atom. The van der Waals surface area contributed by atoms with Crippen molar-refractivity contribution in [1.29, 1.82) is 0 Å². The summed E-state index contributed by atoms with van der Waals surface area (Å²) in [5.41, 5.74) is 2.78. The van der Waals surface area contributed by atoms with Gasteiger partial charge in [-0.1, -0.05) is 20.8 Å². The lowest BCUT2D eigenvalue weighted by atomic mass is 9.70. The maximum Gasteiger partial charge on any atom is 0.109 e. The van der Waals surface area contributed by atoms with Gasteiger partial charge in [-0.05, 0) is 65.1 Å². The lowest BCUT2D eigenvalue weighted by molar-refractivity contribution is 0.178. The SMILES string of the molecule is Cc1cc(NC2CC(C)CC(C)(C)C2)cnc1Br. The summed E-state index contributed by atoms with van der Waals surface area (Å²) in [5.74, 6) is 0.802. The fraction of sp³-hybridized carbons (Fsp3) is 0.667. The van der Waals surface area contributed by atoms with Crippen LogP contribution in [0.3, 0.4) is 0 Å². The standard InChI is InChI=1S/C15H23BrN2/c1-10-5-12(8-15(3,4)7-10)18-13-6-11(2)14(16)17-9-13/h6,9-10,12,18H,5,7-8H2,1-4H3. The van der Waals surface area contributed by atoms with Crippen molar-refractivity contribution in [1.82, 2.24) is 4.98 Å². The fourth-order valence-corrected chi connectivity index (χ4v) is 3.55. The highest BCUT2D eigenvalue weighted by Gasteiger charge is 2.31. The highest BCUT2D eigenvalue weighted by atomic mass is 79.9. The summed E-state index contributed by atoms with van der Waals surface area (Å²) < 4.78 is 0.936. The van der Waals surface area contributed by atoms with Crippen LogP contribution in [-0.2, 0) is 0 Å². The molecule has 1 heterocycles. The number of rotatable bonds is 2. The Bertz CT molecular complexity index is 429. The van der Waals surface area contributed by atoms with Crippen molar-refractivity contribution in [2.24, 2.45) is 11.3 Å². The van der Waals surface area contributed by atoms with Gasteiger partial charge < -0.3 is 5.32 Å². The van der Waals surface area contributed by atoms with Crippen molar-refractivity contribution in [2.45, 2.75) is 53.0 Å². The molecule has 18 heavy (non-hydrogen) atoms. The minimum Gasteiger partial charge on any atom is -0.381 e. The van der Waals surface area contributed by atoms with Gasteiger partial charge in [0.05, 0.1) is 11.9 Å². The second kappa shape index (κ2) is 5.20. The number of aryl methyl sites for hydroxylation is 1. The largest absolute Gasteiger partial charge is 0.381 e. The van der Waals surface area contributed by atoms with Crippen LogP contribution in [0.5, 0.6) is 0 Å². The molecule has 0 amide bonds. The van der Waals surface area contributed by atoms with Gasteiger partial charge in [-0.25, -0.2) is 4.98 Å². The maximum absolute atomic E-state index is 4.35. The number of hydrogen-bond acceptors (Lipinski definition) is 2. The molecule has 1 aromatic heterocycles. The average Bonchev–Trinajstić information content (AvgIpc) is 2.20. The molecule has 3 heteroatoms. The van der Waals surface area contributed by atoms with Gasteiger partial charge >= 0.3 is 0 Å². The van der Waals surface area contributed by atoms with Crippen molar-refractivity contribution < 1.29 is 0 Å². The minimum absolute atomic E-state index is 0.452. The molecule has 0 spiro atoms. The number of aromatic nitrogens is 1. The van der Waals surface area contributed by atoms with Crippen LogP contribution in [0.25, 0.3) is 0 Å². The van der Waals surface area contributed by atoms with Gasteiger partial charge in [0.2, 0.25) is 0 Å². The van der Waals surface area contributed by atoms with Gasteiger partial charge in [-0.3, -0.25) is 0 Å². The second-order valence-electron chi connectivity index (χ2n) is 6.59. The monoisotopic (exact) mass is 310 g/mol. The quantitative estimate of drug-likeness (QED) is 0.795. The van der Waals surface area contributed by atoms with Crippen LogP contribution >= 0.6 is 15.9 Å². The van der Waals surface area contributed by atoms with E-state index in [1.54, 1.807) is 0 Å². The molecule has 0 saturated heterocycles. The summed E-state index contributed by atoms with van der Waals surface area (Å²) >= 11 is 3.44. The Hall–Kier alpha value is -0.570. The summed E-state index contributed by atoms with van der Waals surface area (Å²) in [6.45, 7) is 9.20. The molecule has 100 valence electrons. The van der Waals surface area contributed by atoms with E-state index in [2.05, 4.69) is 60.0 Å². The number of anilines is 1. The average molecular weight is 311 g/mol. The predicted molar refractivity (Wildman–Crippen MR) is 80.9 cm³/mol. The van der Waals surface area contributed by atoms with Gasteiger partial charge in [-0.2, -0.15) is 0 Å². The van der Waals surface area contributed by atoms with E-state index < -0.39 is 0 Å². The molecular weight excluding hydrogens is 288 g/mol. The molecule has 1 fully saturated rings. The van der Waals surface area contributed by atoms with Crippen LogP contribution in [0, 0.1) is 18.3 Å². The summed E-state index contributed by atoms with van der Waals surface area (Å²) in [5, 5.41) is 3.65. The smallest absolute Gasteiger partial charge is 0.109 e. The van der Waals surface area contributed by atoms with Crippen LogP contribution in [-0.4, -0.2) is 11.0 Å². The number of hydrogen-bond donors (Lipinski definition) is 1. The van der Waals surface area contributed by atoms with Gasteiger partial charge in [-0.15, -0.1) is 0 Å². The van der Waals surface area contributed by atoms with Crippen LogP contribution in [0.1, 0.15) is 45.6 Å². The van der Waals surface area contributed by atoms with Crippen LogP contribution in [0.4, 0.5) is 5.69 Å². The topological polar surface area (TPSA) is 24.9 Å². The van der Waals surface area contributed by atoms with Gasteiger partial charge in [0.1, 0.15) is 4.60 Å². The Labute approximate surface area is 119 Å². The van der Waals surface area contributed by atoms with E-state index in [-0.39, 0.29) is 0 Å². The zero-order chi connectivity index (χ0) is 13.3. The first-order valence-electron chi connectivity index (χ1n) is 6.74. The fourth-order valence-electron chi connectivity index (χ4n) is 3.33. The molecular formula is C15H23BrN2.